The van der Waals surface area contributed by atoms with E-state index in [4.69, 9.17) is 4.74 Å². The fraction of sp³-hybridized carbons (Fsp3) is 0.458. The molecule has 2 aromatic rings. The molecule has 0 unspecified atom stereocenters. The highest BCUT2D eigenvalue weighted by Crippen LogP contribution is 2.49. The van der Waals surface area contributed by atoms with E-state index in [1.807, 2.05) is 30.1 Å². The van der Waals surface area contributed by atoms with Gasteiger partial charge in [0.1, 0.15) is 5.75 Å². The van der Waals surface area contributed by atoms with Gasteiger partial charge in [0.2, 0.25) is 0 Å². The Bertz CT molecular complexity index is 916. The number of carbonyl (C=O) groups excluding carboxylic acids is 1. The van der Waals surface area contributed by atoms with Crippen LogP contribution in [-0.2, 0) is 0 Å². The van der Waals surface area contributed by atoms with Gasteiger partial charge in [0, 0.05) is 31.7 Å². The number of urea groups is 1. The van der Waals surface area contributed by atoms with Crippen molar-refractivity contribution < 1.29 is 14.6 Å². The molecule has 4 rings (SSSR count). The maximum atomic E-state index is 12.9. The van der Waals surface area contributed by atoms with Crippen molar-refractivity contribution >= 4 is 11.7 Å². The van der Waals surface area contributed by atoms with Crippen LogP contribution in [0.15, 0.2) is 42.5 Å². The van der Waals surface area contributed by atoms with E-state index in [1.165, 1.54) is 0 Å². The maximum Gasteiger partial charge on any atom is 0.317 e. The fourth-order valence-corrected chi connectivity index (χ4v) is 5.00. The standard InChI is InChI=1S/C24H31N3O3/c1-4-11-25-24(29)27-12-10-19-22(15-28)26(2)21-9-8-17(14-20(21)23(19)27)16-6-5-7-18(13-16)30-3/h5-9,13-14,19,22-23,28H,4,10-12,15H2,1-3H3,(H,25,29)/t19-,22+,23-/m0/s1. The van der Waals surface area contributed by atoms with Crippen LogP contribution >= 0.6 is 0 Å². The Balaban J connectivity index is 1.77. The first-order chi connectivity index (χ1) is 14.6. The molecule has 1 saturated heterocycles. The van der Waals surface area contributed by atoms with E-state index in [9.17, 15) is 9.90 Å². The zero-order valence-corrected chi connectivity index (χ0v) is 18.0. The lowest BCUT2D eigenvalue weighted by Gasteiger charge is -2.44. The zero-order valence-electron chi connectivity index (χ0n) is 18.0. The number of aliphatic hydroxyl groups is 1. The van der Waals surface area contributed by atoms with E-state index in [0.29, 0.717) is 13.1 Å². The molecular weight excluding hydrogens is 378 g/mol. The van der Waals surface area contributed by atoms with E-state index < -0.39 is 0 Å². The lowest BCUT2D eigenvalue weighted by atomic mass is 9.81. The quantitative estimate of drug-likeness (QED) is 0.791. The summed E-state index contributed by atoms with van der Waals surface area (Å²) < 4.78 is 5.39. The maximum absolute atomic E-state index is 12.9. The third-order valence-corrected chi connectivity index (χ3v) is 6.54. The molecule has 0 aliphatic carbocycles. The Morgan fingerprint density at radius 2 is 2.03 bits per heavy atom. The van der Waals surface area contributed by atoms with Gasteiger partial charge in [-0.2, -0.15) is 0 Å². The van der Waals surface area contributed by atoms with Gasteiger partial charge in [0.15, 0.2) is 0 Å². The van der Waals surface area contributed by atoms with Crippen LogP contribution in [0.2, 0.25) is 0 Å². The largest absolute Gasteiger partial charge is 0.497 e. The number of aliphatic hydroxyl groups excluding tert-OH is 1. The minimum Gasteiger partial charge on any atom is -0.497 e. The Morgan fingerprint density at radius 3 is 2.77 bits per heavy atom. The molecule has 0 saturated carbocycles. The average Bonchev–Trinajstić information content (AvgIpc) is 3.22. The number of benzene rings is 2. The Hall–Kier alpha value is -2.73. The van der Waals surface area contributed by atoms with Crippen molar-refractivity contribution in [1.29, 1.82) is 0 Å². The number of anilines is 1. The molecule has 0 radical (unpaired) electrons. The molecule has 2 aromatic carbocycles. The molecule has 3 atom stereocenters. The van der Waals surface area contributed by atoms with Gasteiger partial charge in [-0.15, -0.1) is 0 Å². The van der Waals surface area contributed by atoms with Gasteiger partial charge in [-0.25, -0.2) is 4.79 Å². The molecular formula is C24H31N3O3. The van der Waals surface area contributed by atoms with Crippen molar-refractivity contribution in [3.8, 4) is 16.9 Å². The van der Waals surface area contributed by atoms with Crippen molar-refractivity contribution in [3.05, 3.63) is 48.0 Å². The van der Waals surface area contributed by atoms with Gasteiger partial charge in [0.25, 0.3) is 0 Å². The SMILES string of the molecule is CCCNC(=O)N1CC[C@@H]2[C@H]1c1cc(-c3cccc(OC)c3)ccc1N(C)[C@@H]2CO. The number of nitrogens with one attached hydrogen (secondary N) is 1. The molecule has 2 heterocycles. The summed E-state index contributed by atoms with van der Waals surface area (Å²) in [7, 11) is 3.72. The first-order valence-corrected chi connectivity index (χ1v) is 10.8. The Morgan fingerprint density at radius 1 is 1.23 bits per heavy atom. The molecule has 0 spiro atoms. The topological polar surface area (TPSA) is 65.0 Å². The van der Waals surface area contributed by atoms with Crippen LogP contribution in [0.4, 0.5) is 10.5 Å². The molecule has 6 nitrogen and oxygen atoms in total. The number of amides is 2. The summed E-state index contributed by atoms with van der Waals surface area (Å²) >= 11 is 0. The lowest BCUT2D eigenvalue weighted by molar-refractivity contribution is 0.161. The monoisotopic (exact) mass is 409 g/mol. The minimum absolute atomic E-state index is 0.00847. The number of nitrogens with zero attached hydrogens (tertiary/aromatic N) is 2. The number of hydrogen-bond donors (Lipinski definition) is 2. The van der Waals surface area contributed by atoms with Crippen LogP contribution in [0.5, 0.6) is 5.75 Å². The van der Waals surface area contributed by atoms with Crippen LogP contribution in [0.25, 0.3) is 11.1 Å². The van der Waals surface area contributed by atoms with E-state index in [2.05, 4.69) is 41.4 Å². The third kappa shape index (κ3) is 3.49. The number of carbonyl (C=O) groups is 1. The Labute approximate surface area is 178 Å². The molecule has 0 bridgehead atoms. The van der Waals surface area contributed by atoms with Gasteiger partial charge in [-0.05, 0) is 53.8 Å². The van der Waals surface area contributed by atoms with Crippen molar-refractivity contribution in [2.24, 2.45) is 5.92 Å². The average molecular weight is 410 g/mol. The van der Waals surface area contributed by atoms with Crippen LogP contribution in [0.3, 0.4) is 0 Å². The van der Waals surface area contributed by atoms with Crippen LogP contribution in [0.1, 0.15) is 31.4 Å². The fourth-order valence-electron chi connectivity index (χ4n) is 5.00. The number of methoxy groups -OCH3 is 1. The molecule has 2 aliphatic rings. The first-order valence-electron chi connectivity index (χ1n) is 10.8. The van der Waals surface area contributed by atoms with E-state index in [-0.39, 0.29) is 30.6 Å². The summed E-state index contributed by atoms with van der Waals surface area (Å²) in [5.41, 5.74) is 4.41. The van der Waals surface area contributed by atoms with Crippen molar-refractivity contribution in [3.63, 3.8) is 0 Å². The highest BCUT2D eigenvalue weighted by atomic mass is 16.5. The molecule has 160 valence electrons. The van der Waals surface area contributed by atoms with Crippen molar-refractivity contribution in [1.82, 2.24) is 10.2 Å². The normalized spacial score (nSPS) is 22.5. The van der Waals surface area contributed by atoms with Gasteiger partial charge in [0.05, 0.1) is 25.8 Å². The van der Waals surface area contributed by atoms with Gasteiger partial charge in [-0.3, -0.25) is 0 Å². The third-order valence-electron chi connectivity index (χ3n) is 6.54. The van der Waals surface area contributed by atoms with E-state index in [0.717, 1.165) is 41.0 Å². The highest BCUT2D eigenvalue weighted by Gasteiger charge is 2.47. The van der Waals surface area contributed by atoms with Gasteiger partial charge in [-0.1, -0.05) is 25.1 Å². The number of likely N-dealkylation sites (tertiary alicyclic amines) is 1. The zero-order chi connectivity index (χ0) is 21.3. The predicted molar refractivity (Wildman–Crippen MR) is 119 cm³/mol. The molecule has 6 heteroatoms. The molecule has 2 N–H and O–H groups in total. The summed E-state index contributed by atoms with van der Waals surface area (Å²) in [6.07, 6.45) is 1.80. The predicted octanol–water partition coefficient (Wildman–Crippen LogP) is 3.66. The molecule has 30 heavy (non-hydrogen) atoms. The second-order valence-electron chi connectivity index (χ2n) is 8.19. The second kappa shape index (κ2) is 8.56. The number of rotatable bonds is 5. The Kier molecular flexibility index (Phi) is 5.86. The summed E-state index contributed by atoms with van der Waals surface area (Å²) in [4.78, 5) is 17.0. The second-order valence-corrected chi connectivity index (χ2v) is 8.19. The molecule has 2 amide bonds. The summed E-state index contributed by atoms with van der Waals surface area (Å²) in [5, 5.41) is 13.2. The van der Waals surface area contributed by atoms with E-state index >= 15 is 0 Å². The number of ether oxygens (including phenoxy) is 1. The summed E-state index contributed by atoms with van der Waals surface area (Å²) in [6, 6.07) is 14.4. The van der Waals surface area contributed by atoms with Crippen LogP contribution < -0.4 is 15.0 Å². The lowest BCUT2D eigenvalue weighted by Crippen LogP contribution is -2.49. The smallest absolute Gasteiger partial charge is 0.317 e. The highest BCUT2D eigenvalue weighted by molar-refractivity contribution is 5.77. The molecule has 2 aliphatic heterocycles. The van der Waals surface area contributed by atoms with Crippen molar-refractivity contribution in [2.45, 2.75) is 31.8 Å². The van der Waals surface area contributed by atoms with E-state index in [1.54, 1.807) is 7.11 Å². The van der Waals surface area contributed by atoms with Crippen LogP contribution in [0, 0.1) is 5.92 Å². The molecule has 1 fully saturated rings. The molecule has 0 aromatic heterocycles. The number of likely N-dealkylation sites (N-methyl/N-ethyl adjacent to an activating group) is 1. The summed E-state index contributed by atoms with van der Waals surface area (Å²) in [6.45, 7) is 3.52. The first kappa shape index (κ1) is 20.5. The minimum atomic E-state index is -0.0317. The summed E-state index contributed by atoms with van der Waals surface area (Å²) in [5.74, 6) is 1.03. The number of fused-ring (bicyclic) bond motifs is 3. The van der Waals surface area contributed by atoms with Crippen LogP contribution in [-0.4, -0.2) is 55.9 Å². The van der Waals surface area contributed by atoms with Gasteiger partial charge < -0.3 is 25.0 Å². The number of hydrogen-bond acceptors (Lipinski definition) is 4. The van der Waals surface area contributed by atoms with Gasteiger partial charge >= 0.3 is 6.03 Å². The van der Waals surface area contributed by atoms with Crippen molar-refractivity contribution in [2.75, 3.05) is 38.8 Å².